The molecule has 0 radical (unpaired) electrons. The average Bonchev–Trinajstić information content (AvgIpc) is 2.55. The lowest BCUT2D eigenvalue weighted by atomic mass is 9.98. The van der Waals surface area contributed by atoms with Gasteiger partial charge in [-0.05, 0) is 36.2 Å². The third kappa shape index (κ3) is 2.85. The molecule has 4 nitrogen and oxygen atoms in total. The second-order valence-corrected chi connectivity index (χ2v) is 5.40. The van der Waals surface area contributed by atoms with Gasteiger partial charge in [0.2, 0.25) is 0 Å². The van der Waals surface area contributed by atoms with Crippen LogP contribution in [-0.4, -0.2) is 4.98 Å². The monoisotopic (exact) mass is 301 g/mol. The molecule has 0 amide bonds. The molecule has 3 rings (SSSR count). The van der Waals surface area contributed by atoms with Crippen molar-refractivity contribution in [2.75, 3.05) is 5.73 Å². The number of nitrogens with two attached hydrogens (primary N) is 1. The minimum atomic E-state index is -0.391. The maximum absolute atomic E-state index is 12.3. The van der Waals surface area contributed by atoms with Crippen molar-refractivity contribution in [3.05, 3.63) is 76.1 Å². The summed E-state index contributed by atoms with van der Waals surface area (Å²) in [7, 11) is 0. The van der Waals surface area contributed by atoms with Crippen LogP contribution in [0.15, 0.2) is 59.4 Å². The van der Waals surface area contributed by atoms with Gasteiger partial charge in [0, 0.05) is 16.9 Å². The van der Waals surface area contributed by atoms with E-state index in [0.29, 0.717) is 16.9 Å². The number of nitrogens with zero attached hydrogens (tertiary/aromatic N) is 1. The molecule has 0 aliphatic heterocycles. The van der Waals surface area contributed by atoms with Crippen LogP contribution >= 0.6 is 0 Å². The Morgan fingerprint density at radius 1 is 1.00 bits per heavy atom. The predicted molar refractivity (Wildman–Crippen MR) is 91.8 cm³/mol. The highest BCUT2D eigenvalue weighted by Gasteiger charge is 2.12. The standard InChI is InChI=1S/C19H15N3O/c1-12-2-4-13(5-3-12)16-10-18(22-19(23)17(16)11-20)14-6-8-15(21)9-7-14/h2-10H,21H2,1H3,(H,22,23). The Balaban J connectivity index is 2.22. The van der Waals surface area contributed by atoms with Crippen LogP contribution < -0.4 is 11.3 Å². The van der Waals surface area contributed by atoms with Gasteiger partial charge < -0.3 is 10.7 Å². The first-order chi connectivity index (χ1) is 11.1. The second-order valence-electron chi connectivity index (χ2n) is 5.40. The Bertz CT molecular complexity index is 946. The number of nitriles is 1. The molecule has 112 valence electrons. The second kappa shape index (κ2) is 5.82. The van der Waals surface area contributed by atoms with Crippen LogP contribution in [0.25, 0.3) is 22.4 Å². The SMILES string of the molecule is Cc1ccc(-c2cc(-c3ccc(N)cc3)[nH]c(=O)c2C#N)cc1. The van der Waals surface area contributed by atoms with E-state index in [4.69, 9.17) is 5.73 Å². The first-order valence-corrected chi connectivity index (χ1v) is 7.19. The summed E-state index contributed by atoms with van der Waals surface area (Å²) < 4.78 is 0. The van der Waals surface area contributed by atoms with E-state index in [2.05, 4.69) is 4.98 Å². The molecule has 3 N–H and O–H groups in total. The zero-order valence-electron chi connectivity index (χ0n) is 12.6. The van der Waals surface area contributed by atoms with E-state index >= 15 is 0 Å². The molecule has 1 heterocycles. The molecular formula is C19H15N3O. The topological polar surface area (TPSA) is 82.7 Å². The van der Waals surface area contributed by atoms with Gasteiger partial charge in [-0.15, -0.1) is 0 Å². The van der Waals surface area contributed by atoms with Crippen molar-refractivity contribution >= 4 is 5.69 Å². The summed E-state index contributed by atoms with van der Waals surface area (Å²) in [5.41, 5.74) is 10.2. The summed E-state index contributed by atoms with van der Waals surface area (Å²) in [5, 5.41) is 9.33. The van der Waals surface area contributed by atoms with Crippen LogP contribution in [0.5, 0.6) is 0 Å². The van der Waals surface area contributed by atoms with Crippen LogP contribution in [-0.2, 0) is 0 Å². The first kappa shape index (κ1) is 14.6. The van der Waals surface area contributed by atoms with Crippen molar-refractivity contribution in [1.82, 2.24) is 4.98 Å². The van der Waals surface area contributed by atoms with Gasteiger partial charge in [0.1, 0.15) is 11.6 Å². The maximum Gasteiger partial charge on any atom is 0.266 e. The summed E-state index contributed by atoms with van der Waals surface area (Å²) in [6.45, 7) is 1.99. The van der Waals surface area contributed by atoms with Gasteiger partial charge in [-0.2, -0.15) is 5.26 Å². The molecule has 0 aliphatic carbocycles. The molecule has 0 bridgehead atoms. The molecular weight excluding hydrogens is 286 g/mol. The Morgan fingerprint density at radius 2 is 1.61 bits per heavy atom. The number of aryl methyl sites for hydroxylation is 1. The fourth-order valence-corrected chi connectivity index (χ4v) is 2.45. The van der Waals surface area contributed by atoms with Gasteiger partial charge >= 0.3 is 0 Å². The van der Waals surface area contributed by atoms with Crippen molar-refractivity contribution in [1.29, 1.82) is 5.26 Å². The fourth-order valence-electron chi connectivity index (χ4n) is 2.45. The molecule has 0 saturated heterocycles. The zero-order valence-corrected chi connectivity index (χ0v) is 12.6. The van der Waals surface area contributed by atoms with Crippen LogP contribution in [0, 0.1) is 18.3 Å². The number of rotatable bonds is 2. The van der Waals surface area contributed by atoms with E-state index in [1.54, 1.807) is 12.1 Å². The molecule has 3 aromatic rings. The molecule has 0 atom stereocenters. The Morgan fingerprint density at radius 3 is 2.22 bits per heavy atom. The number of nitrogen functional groups attached to an aromatic ring is 1. The number of benzene rings is 2. The van der Waals surface area contributed by atoms with Gasteiger partial charge in [0.15, 0.2) is 0 Å². The van der Waals surface area contributed by atoms with E-state index in [-0.39, 0.29) is 5.56 Å². The summed E-state index contributed by atoms with van der Waals surface area (Å²) in [6, 6.07) is 18.8. The molecule has 0 aliphatic rings. The molecule has 0 unspecified atom stereocenters. The number of hydrogen-bond donors (Lipinski definition) is 2. The van der Waals surface area contributed by atoms with Crippen molar-refractivity contribution < 1.29 is 0 Å². The van der Waals surface area contributed by atoms with Gasteiger partial charge in [-0.25, -0.2) is 0 Å². The van der Waals surface area contributed by atoms with Crippen molar-refractivity contribution in [2.24, 2.45) is 0 Å². The van der Waals surface area contributed by atoms with E-state index in [9.17, 15) is 10.1 Å². The van der Waals surface area contributed by atoms with Crippen molar-refractivity contribution in [3.8, 4) is 28.5 Å². The average molecular weight is 301 g/mol. The maximum atomic E-state index is 12.3. The smallest absolute Gasteiger partial charge is 0.266 e. The van der Waals surface area contributed by atoms with E-state index in [1.807, 2.05) is 55.5 Å². The first-order valence-electron chi connectivity index (χ1n) is 7.19. The number of nitrogens with one attached hydrogen (secondary N) is 1. The van der Waals surface area contributed by atoms with Gasteiger partial charge in [0.25, 0.3) is 5.56 Å². The number of H-pyrrole nitrogens is 1. The van der Waals surface area contributed by atoms with E-state index < -0.39 is 5.56 Å². The Labute approximate surface area is 133 Å². The highest BCUT2D eigenvalue weighted by atomic mass is 16.1. The Kier molecular flexibility index (Phi) is 3.70. The molecule has 2 aromatic carbocycles. The summed E-state index contributed by atoms with van der Waals surface area (Å²) in [4.78, 5) is 15.0. The molecule has 0 fully saturated rings. The van der Waals surface area contributed by atoms with Gasteiger partial charge in [0.05, 0.1) is 0 Å². The largest absolute Gasteiger partial charge is 0.399 e. The van der Waals surface area contributed by atoms with Crippen molar-refractivity contribution in [3.63, 3.8) is 0 Å². The van der Waals surface area contributed by atoms with Crippen LogP contribution in [0.1, 0.15) is 11.1 Å². The normalized spacial score (nSPS) is 10.3. The van der Waals surface area contributed by atoms with Gasteiger partial charge in [-0.3, -0.25) is 4.79 Å². The molecule has 23 heavy (non-hydrogen) atoms. The third-order valence-electron chi connectivity index (χ3n) is 3.73. The number of anilines is 1. The summed E-state index contributed by atoms with van der Waals surface area (Å²) in [5.74, 6) is 0. The minimum Gasteiger partial charge on any atom is -0.399 e. The highest BCUT2D eigenvalue weighted by molar-refractivity contribution is 5.75. The molecule has 1 aromatic heterocycles. The number of hydrogen-bond acceptors (Lipinski definition) is 3. The van der Waals surface area contributed by atoms with Crippen molar-refractivity contribution in [2.45, 2.75) is 6.92 Å². The number of aromatic amines is 1. The number of pyridine rings is 1. The highest BCUT2D eigenvalue weighted by Crippen LogP contribution is 2.26. The Hall–Kier alpha value is -3.32. The van der Waals surface area contributed by atoms with Crippen LogP contribution in [0.3, 0.4) is 0 Å². The fraction of sp³-hybridized carbons (Fsp3) is 0.0526. The van der Waals surface area contributed by atoms with Crippen LogP contribution in [0.2, 0.25) is 0 Å². The molecule has 0 spiro atoms. The predicted octanol–water partition coefficient (Wildman–Crippen LogP) is 3.47. The lowest BCUT2D eigenvalue weighted by Crippen LogP contribution is -2.12. The summed E-state index contributed by atoms with van der Waals surface area (Å²) in [6.07, 6.45) is 0. The van der Waals surface area contributed by atoms with Crippen LogP contribution in [0.4, 0.5) is 5.69 Å². The molecule has 4 heteroatoms. The zero-order chi connectivity index (χ0) is 16.4. The van der Waals surface area contributed by atoms with E-state index in [0.717, 1.165) is 16.7 Å². The lowest BCUT2D eigenvalue weighted by molar-refractivity contribution is 1.22. The quantitative estimate of drug-likeness (QED) is 0.711. The minimum absolute atomic E-state index is 0.119. The third-order valence-corrected chi connectivity index (χ3v) is 3.73. The number of aromatic nitrogens is 1. The lowest BCUT2D eigenvalue weighted by Gasteiger charge is -2.08. The van der Waals surface area contributed by atoms with E-state index in [1.165, 1.54) is 0 Å². The summed E-state index contributed by atoms with van der Waals surface area (Å²) >= 11 is 0. The molecule has 0 saturated carbocycles. The van der Waals surface area contributed by atoms with Gasteiger partial charge in [-0.1, -0.05) is 42.0 Å².